The number of halogens is 1. The second-order valence-corrected chi connectivity index (χ2v) is 7.28. The van der Waals surface area contributed by atoms with Crippen LogP contribution in [0.2, 0.25) is 0 Å². The molecular formula is C21H18FN3O4S. The lowest BCUT2D eigenvalue weighted by Crippen LogP contribution is -2.41. The number of hydrogen-bond donors (Lipinski definition) is 2. The van der Waals surface area contributed by atoms with E-state index in [4.69, 9.17) is 0 Å². The van der Waals surface area contributed by atoms with Gasteiger partial charge in [-0.3, -0.25) is 24.1 Å². The number of hydrogen-bond acceptors (Lipinski definition) is 5. The van der Waals surface area contributed by atoms with Gasteiger partial charge < -0.3 is 10.6 Å². The van der Waals surface area contributed by atoms with Crippen molar-refractivity contribution in [1.29, 1.82) is 0 Å². The van der Waals surface area contributed by atoms with Crippen molar-refractivity contribution in [2.24, 2.45) is 0 Å². The van der Waals surface area contributed by atoms with Gasteiger partial charge in [0.25, 0.3) is 17.1 Å². The largest absolute Gasteiger partial charge is 0.353 e. The minimum absolute atomic E-state index is 0.00377. The van der Waals surface area contributed by atoms with Crippen molar-refractivity contribution in [1.82, 2.24) is 15.5 Å². The van der Waals surface area contributed by atoms with Crippen molar-refractivity contribution in [2.75, 3.05) is 19.6 Å². The summed E-state index contributed by atoms with van der Waals surface area (Å²) in [5, 5.41) is 4.61. The van der Waals surface area contributed by atoms with Gasteiger partial charge in [-0.05, 0) is 47.7 Å². The zero-order valence-electron chi connectivity index (χ0n) is 15.8. The second-order valence-electron chi connectivity index (χ2n) is 6.28. The van der Waals surface area contributed by atoms with E-state index >= 15 is 0 Å². The van der Waals surface area contributed by atoms with Crippen LogP contribution in [0.15, 0.2) is 59.5 Å². The Hall–Kier alpha value is -3.46. The number of carbonyl (C=O) groups excluding carboxylic acids is 4. The number of rotatable bonds is 7. The third-order valence-corrected chi connectivity index (χ3v) is 5.05. The summed E-state index contributed by atoms with van der Waals surface area (Å²) in [4.78, 5) is 49.5. The molecule has 1 heterocycles. The van der Waals surface area contributed by atoms with Crippen LogP contribution in [0.3, 0.4) is 0 Å². The van der Waals surface area contributed by atoms with Gasteiger partial charge in [-0.25, -0.2) is 4.39 Å². The van der Waals surface area contributed by atoms with Crippen molar-refractivity contribution in [3.63, 3.8) is 0 Å². The van der Waals surface area contributed by atoms with Crippen LogP contribution in [-0.4, -0.2) is 47.5 Å². The van der Waals surface area contributed by atoms with Gasteiger partial charge in [0.05, 0.1) is 11.4 Å². The average Bonchev–Trinajstić information content (AvgIpc) is 3.01. The number of nitrogens with one attached hydrogen (secondary N) is 2. The van der Waals surface area contributed by atoms with E-state index in [0.717, 1.165) is 16.7 Å². The zero-order valence-corrected chi connectivity index (χ0v) is 16.6. The molecule has 1 fully saturated rings. The molecule has 2 aromatic carbocycles. The predicted octanol–water partition coefficient (Wildman–Crippen LogP) is 2.41. The Balaban J connectivity index is 1.45. The summed E-state index contributed by atoms with van der Waals surface area (Å²) in [6.07, 6.45) is 1.52. The Morgan fingerprint density at radius 2 is 1.70 bits per heavy atom. The first kappa shape index (κ1) is 21.3. The van der Waals surface area contributed by atoms with E-state index in [0.29, 0.717) is 11.1 Å². The molecule has 0 atom stereocenters. The van der Waals surface area contributed by atoms with Crippen LogP contribution in [0.1, 0.15) is 15.9 Å². The van der Waals surface area contributed by atoms with E-state index in [1.807, 2.05) is 0 Å². The number of amides is 4. The standard InChI is InChI=1S/C21H18FN3O4S/c22-16-8-6-14(7-9-16)12-17-20(28)25(21(29)30-17)11-10-23-18(26)13-24-19(27)15-4-2-1-3-5-15/h1-9,12H,10-11,13H2,(H,23,26)(H,24,27)/b17-12+. The van der Waals surface area contributed by atoms with Crippen LogP contribution in [0, 0.1) is 5.82 Å². The molecule has 0 aliphatic carbocycles. The maximum absolute atomic E-state index is 13.0. The summed E-state index contributed by atoms with van der Waals surface area (Å²) in [5.74, 6) is -1.67. The number of thioether (sulfide) groups is 1. The fourth-order valence-electron chi connectivity index (χ4n) is 2.62. The van der Waals surface area contributed by atoms with E-state index < -0.39 is 22.9 Å². The van der Waals surface area contributed by atoms with Crippen LogP contribution in [0.25, 0.3) is 6.08 Å². The van der Waals surface area contributed by atoms with Gasteiger partial charge >= 0.3 is 0 Å². The Bertz CT molecular complexity index is 993. The smallest absolute Gasteiger partial charge is 0.293 e. The summed E-state index contributed by atoms with van der Waals surface area (Å²) < 4.78 is 13.0. The van der Waals surface area contributed by atoms with E-state index in [-0.39, 0.29) is 30.4 Å². The Labute approximate surface area is 176 Å². The van der Waals surface area contributed by atoms with Gasteiger partial charge in [0.15, 0.2) is 0 Å². The first-order valence-corrected chi connectivity index (χ1v) is 9.86. The highest BCUT2D eigenvalue weighted by Crippen LogP contribution is 2.31. The highest BCUT2D eigenvalue weighted by molar-refractivity contribution is 8.18. The molecule has 7 nitrogen and oxygen atoms in total. The molecule has 0 bridgehead atoms. The highest BCUT2D eigenvalue weighted by Gasteiger charge is 2.34. The van der Waals surface area contributed by atoms with Gasteiger partial charge in [-0.1, -0.05) is 30.3 Å². The third kappa shape index (κ3) is 5.54. The monoisotopic (exact) mass is 427 g/mol. The van der Waals surface area contributed by atoms with E-state index in [9.17, 15) is 23.6 Å². The maximum atomic E-state index is 13.0. The molecule has 3 rings (SSSR count). The average molecular weight is 427 g/mol. The lowest BCUT2D eigenvalue weighted by atomic mass is 10.2. The normalized spacial score (nSPS) is 14.8. The van der Waals surface area contributed by atoms with Crippen LogP contribution in [0.5, 0.6) is 0 Å². The third-order valence-electron chi connectivity index (χ3n) is 4.14. The molecule has 0 radical (unpaired) electrons. The number of carbonyl (C=O) groups is 4. The molecule has 0 aromatic heterocycles. The fraction of sp³-hybridized carbons (Fsp3) is 0.143. The molecule has 0 saturated carbocycles. The molecule has 154 valence electrons. The SMILES string of the molecule is O=C(CNC(=O)c1ccccc1)NCCN1C(=O)S/C(=C/c2ccc(F)cc2)C1=O. The van der Waals surface area contributed by atoms with Gasteiger partial charge in [0.1, 0.15) is 5.82 Å². The molecular weight excluding hydrogens is 409 g/mol. The quantitative estimate of drug-likeness (QED) is 0.662. The minimum atomic E-state index is -0.471. The van der Waals surface area contributed by atoms with E-state index in [1.54, 1.807) is 30.3 Å². The summed E-state index contributed by atoms with van der Waals surface area (Å²) in [6, 6.07) is 14.0. The van der Waals surface area contributed by atoms with E-state index in [1.165, 1.54) is 30.3 Å². The number of imide groups is 1. The van der Waals surface area contributed by atoms with Crippen molar-refractivity contribution < 1.29 is 23.6 Å². The molecule has 2 aromatic rings. The summed E-state index contributed by atoms with van der Waals surface area (Å²) in [7, 11) is 0. The van der Waals surface area contributed by atoms with Gasteiger partial charge in [-0.2, -0.15) is 0 Å². The number of nitrogens with zero attached hydrogens (tertiary/aromatic N) is 1. The Morgan fingerprint density at radius 3 is 2.40 bits per heavy atom. The van der Waals surface area contributed by atoms with E-state index in [2.05, 4.69) is 10.6 Å². The first-order valence-electron chi connectivity index (χ1n) is 9.05. The molecule has 1 aliphatic rings. The van der Waals surface area contributed by atoms with Crippen molar-refractivity contribution in [3.8, 4) is 0 Å². The predicted molar refractivity (Wildman–Crippen MR) is 111 cm³/mol. The molecule has 1 aliphatic heterocycles. The van der Waals surface area contributed by atoms with Crippen molar-refractivity contribution in [3.05, 3.63) is 76.4 Å². The van der Waals surface area contributed by atoms with Crippen LogP contribution in [0.4, 0.5) is 9.18 Å². The molecule has 9 heteroatoms. The van der Waals surface area contributed by atoms with Gasteiger partial charge in [0, 0.05) is 18.7 Å². The molecule has 1 saturated heterocycles. The van der Waals surface area contributed by atoms with Crippen LogP contribution >= 0.6 is 11.8 Å². The molecule has 4 amide bonds. The van der Waals surface area contributed by atoms with Crippen LogP contribution < -0.4 is 10.6 Å². The lowest BCUT2D eigenvalue weighted by molar-refractivity contribution is -0.124. The minimum Gasteiger partial charge on any atom is -0.353 e. The molecule has 2 N–H and O–H groups in total. The fourth-order valence-corrected chi connectivity index (χ4v) is 3.49. The highest BCUT2D eigenvalue weighted by atomic mass is 32.2. The molecule has 30 heavy (non-hydrogen) atoms. The second kappa shape index (κ2) is 9.84. The summed E-state index contributed by atoms with van der Waals surface area (Å²) >= 11 is 0.787. The molecule has 0 unspecified atom stereocenters. The van der Waals surface area contributed by atoms with Crippen molar-refractivity contribution in [2.45, 2.75) is 0 Å². The lowest BCUT2D eigenvalue weighted by Gasteiger charge is -2.13. The summed E-state index contributed by atoms with van der Waals surface area (Å²) in [6.45, 7) is -0.161. The summed E-state index contributed by atoms with van der Waals surface area (Å²) in [5.41, 5.74) is 1.04. The van der Waals surface area contributed by atoms with Gasteiger partial charge in [-0.15, -0.1) is 0 Å². The Kier molecular flexibility index (Phi) is 6.97. The van der Waals surface area contributed by atoms with Crippen molar-refractivity contribution >= 4 is 40.8 Å². The molecule has 0 spiro atoms. The first-order chi connectivity index (χ1) is 14.4. The van der Waals surface area contributed by atoms with Gasteiger partial charge in [0.2, 0.25) is 5.91 Å². The van der Waals surface area contributed by atoms with Crippen LogP contribution in [-0.2, 0) is 9.59 Å². The maximum Gasteiger partial charge on any atom is 0.293 e. The number of benzene rings is 2. The topological polar surface area (TPSA) is 95.6 Å². The Morgan fingerprint density at radius 1 is 1.00 bits per heavy atom. The zero-order chi connectivity index (χ0) is 21.5.